The molecule has 0 unspecified atom stereocenters. The molecule has 0 spiro atoms. The predicted molar refractivity (Wildman–Crippen MR) is 139 cm³/mol. The van der Waals surface area contributed by atoms with Crippen LogP contribution in [-0.2, 0) is 11.8 Å². The number of carbonyl (C=O) groups is 2. The largest absolute Gasteiger partial charge is 0.497 e. The maximum absolute atomic E-state index is 12.8. The number of amides is 2. The molecule has 0 aliphatic carbocycles. The lowest BCUT2D eigenvalue weighted by atomic mass is 10.0. The third-order valence-corrected chi connectivity index (χ3v) is 6.67. The van der Waals surface area contributed by atoms with Crippen molar-refractivity contribution in [1.82, 2.24) is 20.1 Å². The van der Waals surface area contributed by atoms with Gasteiger partial charge in [0.2, 0.25) is 5.91 Å². The first-order valence-electron chi connectivity index (χ1n) is 11.6. The summed E-state index contributed by atoms with van der Waals surface area (Å²) in [7, 11) is 3.43. The Morgan fingerprint density at radius 2 is 1.66 bits per heavy atom. The van der Waals surface area contributed by atoms with Gasteiger partial charge < -0.3 is 19.9 Å². The van der Waals surface area contributed by atoms with E-state index >= 15 is 0 Å². The van der Waals surface area contributed by atoms with Crippen molar-refractivity contribution in [3.63, 3.8) is 0 Å². The molecule has 8 nitrogen and oxygen atoms in total. The zero-order valence-corrected chi connectivity index (χ0v) is 21.8. The summed E-state index contributed by atoms with van der Waals surface area (Å²) in [6.07, 6.45) is 0. The molecule has 2 N–H and O–H groups in total. The molecule has 0 radical (unpaired) electrons. The first-order valence-corrected chi connectivity index (χ1v) is 12.5. The van der Waals surface area contributed by atoms with Crippen LogP contribution >= 0.6 is 11.8 Å². The number of hydrogen-bond acceptors (Lipinski definition) is 6. The number of methoxy groups -OCH3 is 1. The van der Waals surface area contributed by atoms with E-state index in [-0.39, 0.29) is 29.5 Å². The van der Waals surface area contributed by atoms with Gasteiger partial charge in [-0.15, -0.1) is 10.2 Å². The van der Waals surface area contributed by atoms with Gasteiger partial charge in [0, 0.05) is 18.3 Å². The Hall–Kier alpha value is -3.33. The van der Waals surface area contributed by atoms with Crippen LogP contribution in [0.2, 0.25) is 0 Å². The van der Waals surface area contributed by atoms with Crippen molar-refractivity contribution in [2.75, 3.05) is 18.2 Å². The number of rotatable bonds is 10. The lowest BCUT2D eigenvalue weighted by Gasteiger charge is -2.21. The molecule has 1 aromatic heterocycles. The molecule has 1 atom stereocenters. The third kappa shape index (κ3) is 6.85. The van der Waals surface area contributed by atoms with E-state index in [1.165, 1.54) is 17.3 Å². The summed E-state index contributed by atoms with van der Waals surface area (Å²) in [6.45, 7) is 8.29. The highest BCUT2D eigenvalue weighted by molar-refractivity contribution is 7.99. The molecule has 0 fully saturated rings. The average Bonchev–Trinajstić information content (AvgIpc) is 3.21. The molecule has 0 saturated heterocycles. The molecule has 3 aromatic rings. The topological polar surface area (TPSA) is 98.1 Å². The van der Waals surface area contributed by atoms with Gasteiger partial charge in [-0.05, 0) is 53.8 Å². The van der Waals surface area contributed by atoms with Crippen LogP contribution in [0.1, 0.15) is 61.4 Å². The highest BCUT2D eigenvalue weighted by Gasteiger charge is 2.25. The van der Waals surface area contributed by atoms with Gasteiger partial charge in [0.05, 0.1) is 18.9 Å². The predicted octanol–water partition coefficient (Wildman–Crippen LogP) is 4.81. The van der Waals surface area contributed by atoms with E-state index in [1.54, 1.807) is 31.4 Å². The second kappa shape index (κ2) is 11.9. The summed E-state index contributed by atoms with van der Waals surface area (Å²) < 4.78 is 6.99. The molecular weight excluding hydrogens is 462 g/mol. The van der Waals surface area contributed by atoms with E-state index < -0.39 is 0 Å². The fourth-order valence-corrected chi connectivity index (χ4v) is 4.22. The standard InChI is InChI=1S/C26H33N5O3S/c1-16(2)18-7-11-20(12-8-18)27-22(32)15-35-26-30-29-24(31(26)5)23(17(3)4)28-25(33)19-9-13-21(34-6)14-10-19/h7-14,16-17,23H,15H2,1-6H3,(H,27,32)(H,28,33)/t23-/m1/s1. The fraction of sp³-hybridized carbons (Fsp3) is 0.385. The van der Waals surface area contributed by atoms with Crippen LogP contribution in [0.3, 0.4) is 0 Å². The van der Waals surface area contributed by atoms with Crippen molar-refractivity contribution in [2.24, 2.45) is 13.0 Å². The average molecular weight is 496 g/mol. The minimum atomic E-state index is -0.343. The quantitative estimate of drug-likeness (QED) is 0.392. The molecule has 0 bridgehead atoms. The van der Waals surface area contributed by atoms with Gasteiger partial charge in [-0.25, -0.2) is 0 Å². The van der Waals surface area contributed by atoms with Gasteiger partial charge >= 0.3 is 0 Å². The van der Waals surface area contributed by atoms with Crippen LogP contribution in [0.15, 0.2) is 53.7 Å². The van der Waals surface area contributed by atoms with Gasteiger partial charge in [-0.2, -0.15) is 0 Å². The molecule has 2 aromatic carbocycles. The molecule has 0 saturated carbocycles. The first-order chi connectivity index (χ1) is 16.7. The van der Waals surface area contributed by atoms with E-state index in [2.05, 4.69) is 34.7 Å². The highest BCUT2D eigenvalue weighted by atomic mass is 32.2. The van der Waals surface area contributed by atoms with E-state index in [0.29, 0.717) is 28.2 Å². The molecule has 186 valence electrons. The van der Waals surface area contributed by atoms with Crippen LogP contribution in [0.5, 0.6) is 5.75 Å². The fourth-order valence-electron chi connectivity index (χ4n) is 3.50. The van der Waals surface area contributed by atoms with Crippen LogP contribution in [-0.4, -0.2) is 39.4 Å². The summed E-state index contributed by atoms with van der Waals surface area (Å²) in [5, 5.41) is 15.2. The van der Waals surface area contributed by atoms with E-state index in [1.807, 2.05) is 49.7 Å². The minimum Gasteiger partial charge on any atom is -0.497 e. The van der Waals surface area contributed by atoms with Crippen LogP contribution < -0.4 is 15.4 Å². The number of hydrogen-bond donors (Lipinski definition) is 2. The Balaban J connectivity index is 1.63. The van der Waals surface area contributed by atoms with Crippen molar-refractivity contribution in [1.29, 1.82) is 0 Å². The van der Waals surface area contributed by atoms with Crippen molar-refractivity contribution < 1.29 is 14.3 Å². The maximum atomic E-state index is 12.8. The van der Waals surface area contributed by atoms with E-state index in [9.17, 15) is 9.59 Å². The molecule has 2 amide bonds. The van der Waals surface area contributed by atoms with Gasteiger partial charge in [0.1, 0.15) is 5.75 Å². The lowest BCUT2D eigenvalue weighted by Crippen LogP contribution is -2.33. The summed E-state index contributed by atoms with van der Waals surface area (Å²) >= 11 is 1.30. The van der Waals surface area contributed by atoms with Crippen molar-refractivity contribution in [2.45, 2.75) is 44.8 Å². The number of thioether (sulfide) groups is 1. The van der Waals surface area contributed by atoms with E-state index in [4.69, 9.17) is 4.74 Å². The van der Waals surface area contributed by atoms with Crippen molar-refractivity contribution in [3.05, 3.63) is 65.5 Å². The normalized spacial score (nSPS) is 12.0. The van der Waals surface area contributed by atoms with Crippen LogP contribution in [0, 0.1) is 5.92 Å². The Labute approximate surface area is 210 Å². The van der Waals surface area contributed by atoms with Gasteiger partial charge in [-0.3, -0.25) is 9.59 Å². The van der Waals surface area contributed by atoms with Crippen molar-refractivity contribution in [3.8, 4) is 5.75 Å². The Bertz CT molecular complexity index is 1140. The molecule has 1 heterocycles. The maximum Gasteiger partial charge on any atom is 0.251 e. The Morgan fingerprint density at radius 1 is 1.00 bits per heavy atom. The number of anilines is 1. The van der Waals surface area contributed by atoms with Crippen LogP contribution in [0.25, 0.3) is 0 Å². The zero-order valence-electron chi connectivity index (χ0n) is 21.0. The Kier molecular flexibility index (Phi) is 8.92. The number of benzene rings is 2. The summed E-state index contributed by atoms with van der Waals surface area (Å²) in [6, 6.07) is 14.5. The third-order valence-electron chi connectivity index (χ3n) is 5.65. The summed E-state index contributed by atoms with van der Waals surface area (Å²) in [5.74, 6) is 1.72. The summed E-state index contributed by atoms with van der Waals surface area (Å²) in [4.78, 5) is 25.3. The van der Waals surface area contributed by atoms with Gasteiger partial charge in [-0.1, -0.05) is 51.6 Å². The highest BCUT2D eigenvalue weighted by Crippen LogP contribution is 2.25. The van der Waals surface area contributed by atoms with Gasteiger partial charge in [0.25, 0.3) is 5.91 Å². The number of nitrogens with zero attached hydrogens (tertiary/aromatic N) is 3. The lowest BCUT2D eigenvalue weighted by molar-refractivity contribution is -0.113. The number of aromatic nitrogens is 3. The van der Waals surface area contributed by atoms with Gasteiger partial charge in [0.15, 0.2) is 11.0 Å². The molecule has 0 aliphatic heterocycles. The zero-order chi connectivity index (χ0) is 25.5. The molecule has 9 heteroatoms. The second-order valence-electron chi connectivity index (χ2n) is 8.94. The Morgan fingerprint density at radius 3 is 2.23 bits per heavy atom. The van der Waals surface area contributed by atoms with E-state index in [0.717, 1.165) is 5.69 Å². The molecule has 35 heavy (non-hydrogen) atoms. The first kappa shape index (κ1) is 26.3. The van der Waals surface area contributed by atoms with Crippen LogP contribution in [0.4, 0.5) is 5.69 Å². The molecule has 0 aliphatic rings. The monoisotopic (exact) mass is 495 g/mol. The number of carbonyl (C=O) groups excluding carboxylic acids is 2. The van der Waals surface area contributed by atoms with Crippen molar-refractivity contribution >= 4 is 29.3 Å². The smallest absolute Gasteiger partial charge is 0.251 e. The minimum absolute atomic E-state index is 0.0788. The molecule has 3 rings (SSSR count). The SMILES string of the molecule is COc1ccc(C(=O)N[C@@H](c2nnc(SCC(=O)Nc3ccc(C(C)C)cc3)n2C)C(C)C)cc1. The summed E-state index contributed by atoms with van der Waals surface area (Å²) in [5.41, 5.74) is 2.52. The molecular formula is C26H33N5O3S. The number of nitrogens with one attached hydrogen (secondary N) is 2. The second-order valence-corrected chi connectivity index (χ2v) is 9.88. The number of ether oxygens (including phenoxy) is 1.